The molecular formula is C20H18ClN5OS2. The van der Waals surface area contributed by atoms with Crippen LogP contribution in [0.1, 0.15) is 12.5 Å². The molecule has 29 heavy (non-hydrogen) atoms. The van der Waals surface area contributed by atoms with Gasteiger partial charge in [0.2, 0.25) is 5.91 Å². The predicted octanol–water partition coefficient (Wildman–Crippen LogP) is 5.27. The summed E-state index contributed by atoms with van der Waals surface area (Å²) in [7, 11) is 0. The third kappa shape index (κ3) is 4.44. The molecule has 2 heterocycles. The lowest BCUT2D eigenvalue weighted by Crippen LogP contribution is -2.14. The predicted molar refractivity (Wildman–Crippen MR) is 120 cm³/mol. The highest BCUT2D eigenvalue weighted by molar-refractivity contribution is 7.99. The van der Waals surface area contributed by atoms with Crippen molar-refractivity contribution in [3.8, 4) is 11.4 Å². The molecular weight excluding hydrogens is 426 g/mol. The van der Waals surface area contributed by atoms with Gasteiger partial charge in [0.25, 0.3) is 0 Å². The van der Waals surface area contributed by atoms with Gasteiger partial charge in [-0.15, -0.1) is 10.2 Å². The molecule has 9 heteroatoms. The third-order valence-corrected chi connectivity index (χ3v) is 6.37. The number of nitrogens with one attached hydrogen (secondary N) is 1. The van der Waals surface area contributed by atoms with Gasteiger partial charge < -0.3 is 9.88 Å². The number of hydrogen-bond acceptors (Lipinski definition) is 6. The van der Waals surface area contributed by atoms with E-state index in [0.717, 1.165) is 21.6 Å². The van der Waals surface area contributed by atoms with Crippen molar-refractivity contribution in [2.75, 3.05) is 11.1 Å². The molecule has 0 radical (unpaired) electrons. The van der Waals surface area contributed by atoms with Crippen LogP contribution in [0.4, 0.5) is 5.13 Å². The molecule has 0 fully saturated rings. The number of thiazole rings is 1. The molecule has 0 spiro atoms. The average Bonchev–Trinajstić information content (AvgIpc) is 3.28. The summed E-state index contributed by atoms with van der Waals surface area (Å²) in [6.07, 6.45) is 0. The Morgan fingerprint density at radius 3 is 2.90 bits per heavy atom. The van der Waals surface area contributed by atoms with E-state index in [-0.39, 0.29) is 11.7 Å². The summed E-state index contributed by atoms with van der Waals surface area (Å²) in [5, 5.41) is 13.4. The van der Waals surface area contributed by atoms with E-state index in [9.17, 15) is 4.79 Å². The molecule has 0 aliphatic heterocycles. The van der Waals surface area contributed by atoms with Gasteiger partial charge in [-0.25, -0.2) is 4.98 Å². The first-order valence-corrected chi connectivity index (χ1v) is 11.2. The molecule has 0 aliphatic carbocycles. The van der Waals surface area contributed by atoms with Gasteiger partial charge in [0.05, 0.1) is 16.0 Å². The Balaban J connectivity index is 1.45. The van der Waals surface area contributed by atoms with Gasteiger partial charge in [0, 0.05) is 17.1 Å². The van der Waals surface area contributed by atoms with Gasteiger partial charge in [0.1, 0.15) is 0 Å². The zero-order valence-electron chi connectivity index (χ0n) is 15.8. The first-order chi connectivity index (χ1) is 14.0. The maximum Gasteiger partial charge on any atom is 0.236 e. The minimum Gasteiger partial charge on any atom is -0.302 e. The van der Waals surface area contributed by atoms with Gasteiger partial charge >= 0.3 is 0 Å². The molecule has 1 amide bonds. The van der Waals surface area contributed by atoms with E-state index in [1.54, 1.807) is 0 Å². The quantitative estimate of drug-likeness (QED) is 0.411. The second-order valence-corrected chi connectivity index (χ2v) is 8.80. The molecule has 148 valence electrons. The summed E-state index contributed by atoms with van der Waals surface area (Å²) >= 11 is 8.92. The summed E-state index contributed by atoms with van der Waals surface area (Å²) in [4.78, 5) is 16.9. The molecule has 4 rings (SSSR count). The smallest absolute Gasteiger partial charge is 0.236 e. The fourth-order valence-electron chi connectivity index (χ4n) is 2.89. The molecule has 4 aromatic rings. The van der Waals surface area contributed by atoms with E-state index in [2.05, 4.69) is 26.6 Å². The lowest BCUT2D eigenvalue weighted by atomic mass is 10.2. The number of carbonyl (C=O) groups excluding carboxylic acids is 1. The van der Waals surface area contributed by atoms with Gasteiger partial charge in [-0.05, 0) is 43.7 Å². The lowest BCUT2D eigenvalue weighted by molar-refractivity contribution is -0.113. The van der Waals surface area contributed by atoms with E-state index in [4.69, 9.17) is 11.6 Å². The molecule has 6 nitrogen and oxygen atoms in total. The van der Waals surface area contributed by atoms with Crippen molar-refractivity contribution < 1.29 is 4.79 Å². The third-order valence-electron chi connectivity index (χ3n) is 4.24. The lowest BCUT2D eigenvalue weighted by Gasteiger charge is -2.07. The molecule has 2 aromatic heterocycles. The van der Waals surface area contributed by atoms with E-state index in [0.29, 0.717) is 21.9 Å². The summed E-state index contributed by atoms with van der Waals surface area (Å²) in [6, 6.07) is 13.5. The van der Waals surface area contributed by atoms with Crippen LogP contribution in [0.15, 0.2) is 47.6 Å². The molecule has 0 saturated heterocycles. The van der Waals surface area contributed by atoms with Crippen molar-refractivity contribution in [2.45, 2.75) is 25.5 Å². The van der Waals surface area contributed by atoms with Crippen molar-refractivity contribution in [3.05, 3.63) is 53.1 Å². The monoisotopic (exact) mass is 443 g/mol. The number of hydrogen-bond donors (Lipinski definition) is 1. The van der Waals surface area contributed by atoms with E-state index < -0.39 is 0 Å². The first-order valence-electron chi connectivity index (χ1n) is 9.02. The fourth-order valence-corrected chi connectivity index (χ4v) is 4.87. The molecule has 0 aliphatic rings. The summed E-state index contributed by atoms with van der Waals surface area (Å²) < 4.78 is 3.04. The molecule has 1 N–H and O–H groups in total. The van der Waals surface area contributed by atoms with Crippen LogP contribution in [-0.4, -0.2) is 31.4 Å². The van der Waals surface area contributed by atoms with Crippen LogP contribution in [0.25, 0.3) is 21.6 Å². The molecule has 0 bridgehead atoms. The van der Waals surface area contributed by atoms with Crippen molar-refractivity contribution in [1.29, 1.82) is 0 Å². The van der Waals surface area contributed by atoms with Crippen molar-refractivity contribution in [3.63, 3.8) is 0 Å². The van der Waals surface area contributed by atoms with Crippen LogP contribution in [0.5, 0.6) is 0 Å². The van der Waals surface area contributed by atoms with Crippen molar-refractivity contribution in [2.24, 2.45) is 0 Å². The van der Waals surface area contributed by atoms with Gasteiger partial charge in [-0.3, -0.25) is 4.79 Å². The molecule has 0 saturated carbocycles. The zero-order chi connectivity index (χ0) is 20.4. The molecule has 2 aromatic carbocycles. The highest BCUT2D eigenvalue weighted by atomic mass is 35.5. The SMILES string of the molecule is CCn1c(SCC(=O)Nc2nc3ccc(C)cc3s2)nnc1-c1cccc(Cl)c1. The van der Waals surface area contributed by atoms with Crippen molar-refractivity contribution >= 4 is 56.0 Å². The summed E-state index contributed by atoms with van der Waals surface area (Å²) in [5.41, 5.74) is 2.96. The minimum atomic E-state index is -0.124. The Labute approximate surface area is 181 Å². The number of aryl methyl sites for hydroxylation is 1. The number of benzene rings is 2. The summed E-state index contributed by atoms with van der Waals surface area (Å²) in [5.74, 6) is 0.836. The number of amides is 1. The number of nitrogens with zero attached hydrogens (tertiary/aromatic N) is 4. The fraction of sp³-hybridized carbons (Fsp3) is 0.200. The van der Waals surface area contributed by atoms with Gasteiger partial charge in [0.15, 0.2) is 16.1 Å². The van der Waals surface area contributed by atoms with E-state index >= 15 is 0 Å². The van der Waals surface area contributed by atoms with Crippen LogP contribution in [-0.2, 0) is 11.3 Å². The average molecular weight is 444 g/mol. The number of anilines is 1. The minimum absolute atomic E-state index is 0.124. The normalized spacial score (nSPS) is 11.1. The Bertz CT molecular complexity index is 1190. The van der Waals surface area contributed by atoms with E-state index in [1.807, 2.05) is 54.8 Å². The second kappa shape index (κ2) is 8.52. The molecule has 0 atom stereocenters. The first kappa shape index (κ1) is 19.9. The largest absolute Gasteiger partial charge is 0.302 e. The second-order valence-electron chi connectivity index (χ2n) is 6.39. The number of carbonyl (C=O) groups is 1. The van der Waals surface area contributed by atoms with Crippen LogP contribution >= 0.6 is 34.7 Å². The van der Waals surface area contributed by atoms with Crippen LogP contribution in [0.3, 0.4) is 0 Å². The molecule has 0 unspecified atom stereocenters. The van der Waals surface area contributed by atoms with Crippen LogP contribution in [0, 0.1) is 6.92 Å². The Kier molecular flexibility index (Phi) is 5.84. The van der Waals surface area contributed by atoms with Crippen LogP contribution < -0.4 is 5.32 Å². The number of halogens is 1. The van der Waals surface area contributed by atoms with Crippen molar-refractivity contribution in [1.82, 2.24) is 19.7 Å². The van der Waals surface area contributed by atoms with E-state index in [1.165, 1.54) is 28.7 Å². The number of thioether (sulfide) groups is 1. The Morgan fingerprint density at radius 2 is 2.10 bits per heavy atom. The Morgan fingerprint density at radius 1 is 1.24 bits per heavy atom. The maximum absolute atomic E-state index is 12.4. The van der Waals surface area contributed by atoms with Gasteiger partial charge in [-0.2, -0.15) is 0 Å². The zero-order valence-corrected chi connectivity index (χ0v) is 18.2. The maximum atomic E-state index is 12.4. The highest BCUT2D eigenvalue weighted by Crippen LogP contribution is 2.28. The highest BCUT2D eigenvalue weighted by Gasteiger charge is 2.15. The topological polar surface area (TPSA) is 72.7 Å². The van der Waals surface area contributed by atoms with Gasteiger partial charge in [-0.1, -0.05) is 52.9 Å². The van der Waals surface area contributed by atoms with Crippen LogP contribution in [0.2, 0.25) is 5.02 Å². The summed E-state index contributed by atoms with van der Waals surface area (Å²) in [6.45, 7) is 4.75. The standard InChI is InChI=1S/C20H18ClN5OS2/c1-3-26-18(13-5-4-6-14(21)10-13)24-25-20(26)28-11-17(27)23-19-22-15-8-7-12(2)9-16(15)29-19/h4-10H,3,11H2,1-2H3,(H,22,23,27). The Hall–Kier alpha value is -2.42. The number of rotatable bonds is 6. The number of aromatic nitrogens is 4. The number of fused-ring (bicyclic) bond motifs is 1.